The van der Waals surface area contributed by atoms with Gasteiger partial charge in [0.25, 0.3) is 0 Å². The zero-order chi connectivity index (χ0) is 17.4. The molecule has 0 amide bonds. The molecular weight excluding hydrogens is 330 g/mol. The van der Waals surface area contributed by atoms with E-state index in [1.165, 1.54) is 6.26 Å². The first-order valence-corrected chi connectivity index (χ1v) is 10.6. The average Bonchev–Trinajstić information content (AvgIpc) is 2.58. The minimum absolute atomic E-state index is 0.00606. The lowest BCUT2D eigenvalue weighted by molar-refractivity contribution is 0.0389. The minimum Gasteiger partial charge on any atom is -0.379 e. The molecule has 2 rings (SSSR count). The van der Waals surface area contributed by atoms with Gasteiger partial charge in [0.2, 0.25) is 10.0 Å². The Labute approximate surface area is 145 Å². The Morgan fingerprint density at radius 2 is 1.96 bits per heavy atom. The van der Waals surface area contributed by atoms with Crippen LogP contribution >= 0.6 is 0 Å². The van der Waals surface area contributed by atoms with E-state index in [9.17, 15) is 8.42 Å². The van der Waals surface area contributed by atoms with Crippen molar-refractivity contribution < 1.29 is 13.2 Å². The number of rotatable bonds is 6. The fraction of sp³-hybridized carbons (Fsp3) is 0.933. The molecule has 2 heterocycles. The van der Waals surface area contributed by atoms with Crippen molar-refractivity contribution in [1.82, 2.24) is 19.8 Å². The average molecular weight is 362 g/mol. The molecule has 2 N–H and O–H groups in total. The molecule has 0 aromatic carbocycles. The smallest absolute Gasteiger partial charge is 0.211 e. The van der Waals surface area contributed by atoms with Gasteiger partial charge in [-0.1, -0.05) is 6.42 Å². The van der Waals surface area contributed by atoms with Gasteiger partial charge in [-0.05, 0) is 12.8 Å². The zero-order valence-electron chi connectivity index (χ0n) is 14.8. The molecule has 0 radical (unpaired) electrons. The number of guanidine groups is 1. The van der Waals surface area contributed by atoms with Crippen molar-refractivity contribution in [3.63, 3.8) is 0 Å². The summed E-state index contributed by atoms with van der Waals surface area (Å²) < 4.78 is 30.7. The molecule has 0 aliphatic carbocycles. The maximum absolute atomic E-state index is 11.9. The van der Waals surface area contributed by atoms with Crippen LogP contribution in [0.1, 0.15) is 19.3 Å². The van der Waals surface area contributed by atoms with E-state index in [0.717, 1.165) is 64.6 Å². The van der Waals surface area contributed by atoms with Crippen LogP contribution in [0.15, 0.2) is 4.99 Å². The Morgan fingerprint density at radius 1 is 1.21 bits per heavy atom. The van der Waals surface area contributed by atoms with Gasteiger partial charge >= 0.3 is 0 Å². The lowest BCUT2D eigenvalue weighted by Crippen LogP contribution is -2.51. The number of sulfonamides is 1. The Bertz CT molecular complexity index is 505. The largest absolute Gasteiger partial charge is 0.379 e. The first-order chi connectivity index (χ1) is 11.5. The summed E-state index contributed by atoms with van der Waals surface area (Å²) in [4.78, 5) is 6.58. The summed E-state index contributed by atoms with van der Waals surface area (Å²) in [5.41, 5.74) is 0. The Morgan fingerprint density at radius 3 is 2.62 bits per heavy atom. The van der Waals surface area contributed by atoms with E-state index < -0.39 is 10.0 Å². The van der Waals surface area contributed by atoms with Gasteiger partial charge in [-0.3, -0.25) is 9.89 Å². The first-order valence-electron chi connectivity index (χ1n) is 8.72. The molecule has 8 nitrogen and oxygen atoms in total. The van der Waals surface area contributed by atoms with E-state index in [4.69, 9.17) is 4.74 Å². The van der Waals surface area contributed by atoms with Crippen LogP contribution in [-0.4, -0.2) is 95.4 Å². The molecule has 0 bridgehead atoms. The predicted octanol–water partition coefficient (Wildman–Crippen LogP) is -0.702. The number of aliphatic imine (C=N–C) groups is 1. The SMILES string of the molecule is CN=C(NCCN1CCOCC1)NCC1CCCCN1S(C)(=O)=O. The Kier molecular flexibility index (Phi) is 7.73. The summed E-state index contributed by atoms with van der Waals surface area (Å²) in [6, 6.07) is 0.00606. The third-order valence-electron chi connectivity index (χ3n) is 4.55. The van der Waals surface area contributed by atoms with Gasteiger partial charge in [-0.25, -0.2) is 8.42 Å². The van der Waals surface area contributed by atoms with Gasteiger partial charge < -0.3 is 15.4 Å². The molecule has 9 heteroatoms. The maximum Gasteiger partial charge on any atom is 0.211 e. The lowest BCUT2D eigenvalue weighted by Gasteiger charge is -2.34. The Hall–Kier alpha value is -0.900. The molecule has 24 heavy (non-hydrogen) atoms. The summed E-state index contributed by atoms with van der Waals surface area (Å²) in [7, 11) is -1.41. The number of morpholine rings is 1. The normalized spacial score (nSPS) is 24.8. The molecule has 0 spiro atoms. The van der Waals surface area contributed by atoms with Gasteiger partial charge in [0.1, 0.15) is 0 Å². The first kappa shape index (κ1) is 19.4. The van der Waals surface area contributed by atoms with Crippen molar-refractivity contribution in [2.75, 3.05) is 65.8 Å². The second kappa shape index (κ2) is 9.55. The van der Waals surface area contributed by atoms with Gasteiger partial charge in [0.05, 0.1) is 19.5 Å². The van der Waals surface area contributed by atoms with E-state index >= 15 is 0 Å². The zero-order valence-corrected chi connectivity index (χ0v) is 15.6. The number of piperidine rings is 1. The van der Waals surface area contributed by atoms with Gasteiger partial charge in [0, 0.05) is 52.4 Å². The lowest BCUT2D eigenvalue weighted by atomic mass is 10.1. The highest BCUT2D eigenvalue weighted by Crippen LogP contribution is 2.19. The molecule has 1 unspecified atom stereocenters. The molecule has 140 valence electrons. The molecule has 0 aromatic rings. The van der Waals surface area contributed by atoms with Crippen molar-refractivity contribution >= 4 is 16.0 Å². The van der Waals surface area contributed by atoms with Crippen molar-refractivity contribution in [3.05, 3.63) is 0 Å². The fourth-order valence-corrected chi connectivity index (χ4v) is 4.39. The maximum atomic E-state index is 11.9. The van der Waals surface area contributed by atoms with Crippen LogP contribution in [0.25, 0.3) is 0 Å². The molecule has 0 saturated carbocycles. The number of hydrogen-bond donors (Lipinski definition) is 2. The van der Waals surface area contributed by atoms with E-state index in [0.29, 0.717) is 13.1 Å². The van der Waals surface area contributed by atoms with Crippen molar-refractivity contribution in [1.29, 1.82) is 0 Å². The number of nitrogens with zero attached hydrogens (tertiary/aromatic N) is 3. The highest BCUT2D eigenvalue weighted by molar-refractivity contribution is 7.88. The van der Waals surface area contributed by atoms with Crippen LogP contribution < -0.4 is 10.6 Å². The topological polar surface area (TPSA) is 86.3 Å². The number of nitrogens with one attached hydrogen (secondary N) is 2. The summed E-state index contributed by atoms with van der Waals surface area (Å²) in [5, 5.41) is 6.57. The van der Waals surface area contributed by atoms with Crippen LogP contribution in [0.5, 0.6) is 0 Å². The van der Waals surface area contributed by atoms with E-state index in [-0.39, 0.29) is 6.04 Å². The van der Waals surface area contributed by atoms with Gasteiger partial charge in [0.15, 0.2) is 5.96 Å². The highest BCUT2D eigenvalue weighted by Gasteiger charge is 2.29. The monoisotopic (exact) mass is 361 g/mol. The molecular formula is C15H31N5O3S. The van der Waals surface area contributed by atoms with E-state index in [1.807, 2.05) is 0 Å². The number of hydrogen-bond acceptors (Lipinski definition) is 5. The van der Waals surface area contributed by atoms with Crippen LogP contribution in [0.3, 0.4) is 0 Å². The third-order valence-corrected chi connectivity index (χ3v) is 5.88. The highest BCUT2D eigenvalue weighted by atomic mass is 32.2. The molecule has 1 atom stereocenters. The van der Waals surface area contributed by atoms with Gasteiger partial charge in [-0.15, -0.1) is 0 Å². The standard InChI is InChI=1S/C15H31N5O3S/c1-16-15(17-6-8-19-9-11-23-12-10-19)18-13-14-5-3-4-7-20(14)24(2,21)22/h14H,3-13H2,1-2H3,(H2,16,17,18). The quantitative estimate of drug-likeness (QED) is 0.481. The summed E-state index contributed by atoms with van der Waals surface area (Å²) >= 11 is 0. The molecule has 2 aliphatic rings. The van der Waals surface area contributed by atoms with Crippen LogP contribution in [0.4, 0.5) is 0 Å². The van der Waals surface area contributed by atoms with Crippen LogP contribution in [-0.2, 0) is 14.8 Å². The van der Waals surface area contributed by atoms with Crippen LogP contribution in [0.2, 0.25) is 0 Å². The summed E-state index contributed by atoms with van der Waals surface area (Å²) in [5.74, 6) is 0.724. The Balaban J connectivity index is 1.73. The van der Waals surface area contributed by atoms with Crippen molar-refractivity contribution in [2.24, 2.45) is 4.99 Å². The second-order valence-electron chi connectivity index (χ2n) is 6.36. The molecule has 0 aromatic heterocycles. The summed E-state index contributed by atoms with van der Waals surface area (Å²) in [6.07, 6.45) is 4.20. The van der Waals surface area contributed by atoms with Gasteiger partial charge in [-0.2, -0.15) is 4.31 Å². The molecule has 2 saturated heterocycles. The van der Waals surface area contributed by atoms with E-state index in [2.05, 4.69) is 20.5 Å². The van der Waals surface area contributed by atoms with Crippen molar-refractivity contribution in [3.8, 4) is 0 Å². The van der Waals surface area contributed by atoms with Crippen molar-refractivity contribution in [2.45, 2.75) is 25.3 Å². The molecule has 2 aliphatic heterocycles. The molecule has 2 fully saturated rings. The van der Waals surface area contributed by atoms with Crippen LogP contribution in [0, 0.1) is 0 Å². The fourth-order valence-electron chi connectivity index (χ4n) is 3.21. The number of ether oxygens (including phenoxy) is 1. The predicted molar refractivity (Wildman–Crippen MR) is 95.8 cm³/mol. The van der Waals surface area contributed by atoms with E-state index in [1.54, 1.807) is 11.4 Å². The summed E-state index contributed by atoms with van der Waals surface area (Å²) in [6.45, 7) is 6.51. The third kappa shape index (κ3) is 6.19. The minimum atomic E-state index is -3.15. The second-order valence-corrected chi connectivity index (χ2v) is 8.29.